The van der Waals surface area contributed by atoms with Crippen LogP contribution in [-0.2, 0) is 0 Å². The summed E-state index contributed by atoms with van der Waals surface area (Å²) in [5.41, 5.74) is 2.65. The quantitative estimate of drug-likeness (QED) is 0.666. The molecule has 0 aromatic heterocycles. The molecule has 2 aromatic rings. The molecule has 0 aliphatic rings. The van der Waals surface area contributed by atoms with Gasteiger partial charge in [0.15, 0.2) is 0 Å². The third-order valence-electron chi connectivity index (χ3n) is 3.59. The van der Waals surface area contributed by atoms with Crippen LogP contribution in [0.2, 0.25) is 0 Å². The highest BCUT2D eigenvalue weighted by Gasteiger charge is 2.06. The molecule has 100 valence electrons. The Morgan fingerprint density at radius 3 is 1.74 bits per heavy atom. The van der Waals surface area contributed by atoms with Gasteiger partial charge in [0.05, 0.1) is 0 Å². The molecule has 1 heteroatoms. The zero-order valence-corrected chi connectivity index (χ0v) is 12.0. The minimum Gasteiger partial charge on any atom is -0.457 e. The molecule has 0 amide bonds. The zero-order chi connectivity index (χ0) is 13.7. The summed E-state index contributed by atoms with van der Waals surface area (Å²) in [4.78, 5) is 0. The molecule has 0 aliphatic heterocycles. The Morgan fingerprint density at radius 2 is 1.26 bits per heavy atom. The summed E-state index contributed by atoms with van der Waals surface area (Å²) in [6, 6.07) is 16.6. The van der Waals surface area contributed by atoms with Crippen molar-refractivity contribution in [2.75, 3.05) is 0 Å². The molecule has 0 bridgehead atoms. The molecular weight excluding hydrogens is 232 g/mol. The highest BCUT2D eigenvalue weighted by atomic mass is 16.5. The van der Waals surface area contributed by atoms with E-state index < -0.39 is 0 Å². The number of hydrogen-bond donors (Lipinski definition) is 0. The van der Waals surface area contributed by atoms with Crippen LogP contribution in [0.4, 0.5) is 0 Å². The fourth-order valence-corrected chi connectivity index (χ4v) is 2.31. The smallest absolute Gasteiger partial charge is 0.127 e. The maximum Gasteiger partial charge on any atom is 0.127 e. The number of hydrogen-bond acceptors (Lipinski definition) is 1. The number of rotatable bonds is 5. The van der Waals surface area contributed by atoms with Crippen LogP contribution in [0.25, 0.3) is 0 Å². The van der Waals surface area contributed by atoms with Gasteiger partial charge in [-0.15, -0.1) is 0 Å². The highest BCUT2D eigenvalue weighted by molar-refractivity contribution is 5.35. The largest absolute Gasteiger partial charge is 0.457 e. The molecule has 0 fully saturated rings. The van der Waals surface area contributed by atoms with Gasteiger partial charge in [-0.3, -0.25) is 0 Å². The monoisotopic (exact) mass is 254 g/mol. The van der Waals surface area contributed by atoms with Gasteiger partial charge in [0, 0.05) is 0 Å². The molecule has 0 atom stereocenters. The van der Waals surface area contributed by atoms with Crippen LogP contribution in [0.1, 0.15) is 43.7 Å². The maximum absolute atomic E-state index is 5.84. The summed E-state index contributed by atoms with van der Waals surface area (Å²) in [7, 11) is 0. The van der Waals surface area contributed by atoms with E-state index in [-0.39, 0.29) is 0 Å². The van der Waals surface area contributed by atoms with E-state index in [0.29, 0.717) is 5.92 Å². The summed E-state index contributed by atoms with van der Waals surface area (Å²) in [6.07, 6.45) is 2.38. The Hall–Kier alpha value is -1.76. The van der Waals surface area contributed by atoms with E-state index in [1.54, 1.807) is 0 Å². The van der Waals surface area contributed by atoms with Gasteiger partial charge in [-0.1, -0.05) is 43.7 Å². The molecule has 0 saturated heterocycles. The number of aryl methyl sites for hydroxylation is 1. The first-order valence-corrected chi connectivity index (χ1v) is 7.07. The zero-order valence-electron chi connectivity index (χ0n) is 12.0. The van der Waals surface area contributed by atoms with Crippen LogP contribution >= 0.6 is 0 Å². The molecule has 0 spiro atoms. The molecule has 2 aromatic carbocycles. The summed E-state index contributed by atoms with van der Waals surface area (Å²) in [5, 5.41) is 0. The van der Waals surface area contributed by atoms with Crippen molar-refractivity contribution in [3.63, 3.8) is 0 Å². The fourth-order valence-electron chi connectivity index (χ4n) is 2.31. The van der Waals surface area contributed by atoms with Crippen LogP contribution in [0.5, 0.6) is 11.5 Å². The van der Waals surface area contributed by atoms with Gasteiger partial charge < -0.3 is 4.74 Å². The third-order valence-corrected chi connectivity index (χ3v) is 3.59. The molecule has 0 unspecified atom stereocenters. The van der Waals surface area contributed by atoms with Gasteiger partial charge in [0.1, 0.15) is 11.5 Å². The molecule has 1 nitrogen and oxygen atoms in total. The van der Waals surface area contributed by atoms with Crippen LogP contribution in [0.15, 0.2) is 48.5 Å². The predicted octanol–water partition coefficient (Wildman–Crippen LogP) is 5.69. The first-order valence-electron chi connectivity index (χ1n) is 7.07. The van der Waals surface area contributed by atoms with Gasteiger partial charge in [-0.05, 0) is 55.5 Å². The molecule has 0 heterocycles. The molecule has 0 saturated carbocycles. The lowest BCUT2D eigenvalue weighted by Crippen LogP contribution is -1.95. The van der Waals surface area contributed by atoms with Crippen molar-refractivity contribution < 1.29 is 4.74 Å². The Bertz CT molecular complexity index is 492. The number of benzene rings is 2. The average molecular weight is 254 g/mol. The first kappa shape index (κ1) is 13.7. The Kier molecular flexibility index (Phi) is 4.62. The standard InChI is InChI=1S/C18H22O/c1-4-15(5-2)16-8-12-18(13-9-16)19-17-10-6-14(3)7-11-17/h6-13,15H,4-5H2,1-3H3. The fraction of sp³-hybridized carbons (Fsp3) is 0.333. The molecule has 2 rings (SSSR count). The van der Waals surface area contributed by atoms with Crippen molar-refractivity contribution in [3.05, 3.63) is 59.7 Å². The molecule has 0 radical (unpaired) electrons. The lowest BCUT2D eigenvalue weighted by molar-refractivity contribution is 0.482. The summed E-state index contributed by atoms with van der Waals surface area (Å²) < 4.78 is 5.84. The Balaban J connectivity index is 2.08. The predicted molar refractivity (Wildman–Crippen MR) is 81.0 cm³/mol. The second kappa shape index (κ2) is 6.42. The number of ether oxygens (including phenoxy) is 1. The van der Waals surface area contributed by atoms with Crippen molar-refractivity contribution in [1.29, 1.82) is 0 Å². The molecular formula is C18H22O. The van der Waals surface area contributed by atoms with Crippen molar-refractivity contribution in [1.82, 2.24) is 0 Å². The molecule has 0 N–H and O–H groups in total. The SMILES string of the molecule is CCC(CC)c1ccc(Oc2ccc(C)cc2)cc1. The topological polar surface area (TPSA) is 9.23 Å². The van der Waals surface area contributed by atoms with Gasteiger partial charge in [0.2, 0.25) is 0 Å². The minimum atomic E-state index is 0.661. The van der Waals surface area contributed by atoms with E-state index in [0.717, 1.165) is 11.5 Å². The maximum atomic E-state index is 5.84. The van der Waals surface area contributed by atoms with E-state index in [1.165, 1.54) is 24.0 Å². The lowest BCUT2D eigenvalue weighted by Gasteiger charge is -2.13. The second-order valence-electron chi connectivity index (χ2n) is 5.00. The minimum absolute atomic E-state index is 0.661. The van der Waals surface area contributed by atoms with E-state index in [1.807, 2.05) is 12.1 Å². The first-order chi connectivity index (χ1) is 9.22. The van der Waals surface area contributed by atoms with Crippen LogP contribution < -0.4 is 4.74 Å². The molecule has 0 aliphatic carbocycles. The average Bonchev–Trinajstić information content (AvgIpc) is 2.44. The van der Waals surface area contributed by atoms with Crippen LogP contribution in [-0.4, -0.2) is 0 Å². The Labute approximate surface area is 116 Å². The van der Waals surface area contributed by atoms with E-state index >= 15 is 0 Å². The van der Waals surface area contributed by atoms with Crippen LogP contribution in [0, 0.1) is 6.92 Å². The second-order valence-corrected chi connectivity index (χ2v) is 5.00. The molecule has 19 heavy (non-hydrogen) atoms. The highest BCUT2D eigenvalue weighted by Crippen LogP contribution is 2.27. The lowest BCUT2D eigenvalue weighted by atomic mass is 9.94. The van der Waals surface area contributed by atoms with Gasteiger partial charge >= 0.3 is 0 Å². The van der Waals surface area contributed by atoms with E-state index in [2.05, 4.69) is 57.2 Å². The summed E-state index contributed by atoms with van der Waals surface area (Å²) in [5.74, 6) is 2.45. The van der Waals surface area contributed by atoms with E-state index in [9.17, 15) is 0 Å². The van der Waals surface area contributed by atoms with Crippen molar-refractivity contribution >= 4 is 0 Å². The van der Waals surface area contributed by atoms with Crippen LogP contribution in [0.3, 0.4) is 0 Å². The van der Waals surface area contributed by atoms with Crippen molar-refractivity contribution in [3.8, 4) is 11.5 Å². The van der Waals surface area contributed by atoms with Gasteiger partial charge in [-0.25, -0.2) is 0 Å². The van der Waals surface area contributed by atoms with Gasteiger partial charge in [0.25, 0.3) is 0 Å². The van der Waals surface area contributed by atoms with Gasteiger partial charge in [-0.2, -0.15) is 0 Å². The van der Waals surface area contributed by atoms with Crippen molar-refractivity contribution in [2.45, 2.75) is 39.5 Å². The normalized spacial score (nSPS) is 10.7. The summed E-state index contributed by atoms with van der Waals surface area (Å²) in [6.45, 7) is 6.56. The third kappa shape index (κ3) is 3.60. The van der Waals surface area contributed by atoms with Crippen molar-refractivity contribution in [2.24, 2.45) is 0 Å². The van der Waals surface area contributed by atoms with E-state index in [4.69, 9.17) is 4.74 Å². The Morgan fingerprint density at radius 1 is 0.789 bits per heavy atom. The summed E-state index contributed by atoms with van der Waals surface area (Å²) >= 11 is 0.